The number of amides is 1. The van der Waals surface area contributed by atoms with Crippen LogP contribution in [0.3, 0.4) is 0 Å². The minimum absolute atomic E-state index is 0.0165. The van der Waals surface area contributed by atoms with E-state index >= 15 is 0 Å². The van der Waals surface area contributed by atoms with Gasteiger partial charge in [0.25, 0.3) is 16.0 Å². The predicted octanol–water partition coefficient (Wildman–Crippen LogP) is 7.47. The minimum atomic E-state index is -4.63. The Labute approximate surface area is 228 Å². The van der Waals surface area contributed by atoms with Crippen LogP contribution >= 0.6 is 23.2 Å². The van der Waals surface area contributed by atoms with E-state index in [1.165, 1.54) is 25.1 Å². The Morgan fingerprint density at radius 1 is 1.05 bits per heavy atom. The number of anilines is 1. The van der Waals surface area contributed by atoms with Gasteiger partial charge in [0, 0.05) is 16.5 Å². The van der Waals surface area contributed by atoms with Crippen LogP contribution in [0.15, 0.2) is 75.8 Å². The zero-order valence-electron chi connectivity index (χ0n) is 20.1. The van der Waals surface area contributed by atoms with Crippen LogP contribution in [0.2, 0.25) is 10.0 Å². The van der Waals surface area contributed by atoms with Crippen molar-refractivity contribution >= 4 is 67.1 Å². The predicted molar refractivity (Wildman–Crippen MR) is 146 cm³/mol. The number of hydrogen-bond donors (Lipinski definition) is 3. The van der Waals surface area contributed by atoms with E-state index in [9.17, 15) is 22.9 Å². The molecule has 0 aromatic heterocycles. The van der Waals surface area contributed by atoms with E-state index in [2.05, 4.69) is 15.5 Å². The first-order valence-corrected chi connectivity index (χ1v) is 13.4. The number of phenolic OH excluding ortho intramolecular Hbond substituents is 1. The van der Waals surface area contributed by atoms with Crippen LogP contribution in [0, 0.1) is 6.92 Å². The van der Waals surface area contributed by atoms with Crippen molar-refractivity contribution in [1.29, 1.82) is 0 Å². The zero-order chi connectivity index (χ0) is 27.6. The molecular formula is C26H21Cl2N3O6S. The van der Waals surface area contributed by atoms with Crippen molar-refractivity contribution in [1.82, 2.24) is 0 Å². The van der Waals surface area contributed by atoms with Gasteiger partial charge in [-0.25, -0.2) is 0 Å². The number of carbonyl (C=O) groups excluding carboxylic acids is 1. The quantitative estimate of drug-likeness (QED) is 0.155. The number of rotatable bonds is 7. The molecule has 12 heteroatoms. The molecule has 38 heavy (non-hydrogen) atoms. The van der Waals surface area contributed by atoms with Crippen molar-refractivity contribution in [2.24, 2.45) is 10.2 Å². The van der Waals surface area contributed by atoms with E-state index in [0.29, 0.717) is 33.8 Å². The molecule has 0 spiro atoms. The lowest BCUT2D eigenvalue weighted by atomic mass is 10.0. The Kier molecular flexibility index (Phi) is 7.89. The van der Waals surface area contributed by atoms with Crippen molar-refractivity contribution in [3.8, 4) is 11.5 Å². The molecule has 0 aliphatic heterocycles. The van der Waals surface area contributed by atoms with Crippen molar-refractivity contribution in [2.75, 3.05) is 11.9 Å². The third-order valence-corrected chi connectivity index (χ3v) is 7.28. The molecule has 0 saturated heterocycles. The first kappa shape index (κ1) is 27.3. The summed E-state index contributed by atoms with van der Waals surface area (Å²) >= 11 is 12.0. The van der Waals surface area contributed by atoms with Crippen molar-refractivity contribution < 1.29 is 27.6 Å². The van der Waals surface area contributed by atoms with Gasteiger partial charge in [0.2, 0.25) is 0 Å². The number of benzene rings is 4. The lowest BCUT2D eigenvalue weighted by Gasteiger charge is -2.14. The van der Waals surface area contributed by atoms with Crippen molar-refractivity contribution in [3.05, 3.63) is 81.8 Å². The largest absolute Gasteiger partial charge is 0.505 e. The van der Waals surface area contributed by atoms with E-state index < -0.39 is 26.7 Å². The fourth-order valence-corrected chi connectivity index (χ4v) is 5.30. The number of ether oxygens (including phenoxy) is 1. The van der Waals surface area contributed by atoms with E-state index in [-0.39, 0.29) is 27.5 Å². The summed E-state index contributed by atoms with van der Waals surface area (Å²) < 4.78 is 38.7. The Hall–Kier alpha value is -3.70. The Balaban J connectivity index is 1.80. The third-order valence-electron chi connectivity index (χ3n) is 5.58. The summed E-state index contributed by atoms with van der Waals surface area (Å²) in [7, 11) is -4.63. The highest BCUT2D eigenvalue weighted by atomic mass is 35.5. The van der Waals surface area contributed by atoms with Gasteiger partial charge in [-0.15, -0.1) is 5.11 Å². The van der Waals surface area contributed by atoms with Crippen molar-refractivity contribution in [2.45, 2.75) is 18.7 Å². The molecule has 196 valence electrons. The summed E-state index contributed by atoms with van der Waals surface area (Å²) in [5, 5.41) is 23.4. The first-order valence-electron chi connectivity index (χ1n) is 11.2. The molecule has 0 bridgehead atoms. The van der Waals surface area contributed by atoms with Crippen LogP contribution in [0.4, 0.5) is 17.1 Å². The topological polar surface area (TPSA) is 138 Å². The molecule has 0 atom stereocenters. The van der Waals surface area contributed by atoms with Gasteiger partial charge in [-0.05, 0) is 55.1 Å². The summed E-state index contributed by atoms with van der Waals surface area (Å²) in [5.74, 6) is -0.718. The highest BCUT2D eigenvalue weighted by Gasteiger charge is 2.22. The number of halogens is 2. The number of nitrogens with one attached hydrogen (secondary N) is 1. The molecular weight excluding hydrogens is 553 g/mol. The lowest BCUT2D eigenvalue weighted by Crippen LogP contribution is -2.13. The number of fused-ring (bicyclic) bond motifs is 1. The molecule has 9 nitrogen and oxygen atoms in total. The molecule has 4 aromatic carbocycles. The van der Waals surface area contributed by atoms with Gasteiger partial charge in [-0.1, -0.05) is 47.5 Å². The second-order valence-electron chi connectivity index (χ2n) is 8.07. The normalized spacial score (nSPS) is 11.7. The second-order valence-corrected chi connectivity index (χ2v) is 10.3. The third kappa shape index (κ3) is 5.58. The van der Waals surface area contributed by atoms with Gasteiger partial charge in [-0.2, -0.15) is 13.5 Å². The van der Waals surface area contributed by atoms with Gasteiger partial charge < -0.3 is 15.2 Å². The number of azo groups is 1. The van der Waals surface area contributed by atoms with Crippen molar-refractivity contribution in [3.63, 3.8) is 0 Å². The highest BCUT2D eigenvalue weighted by Crippen LogP contribution is 2.41. The summed E-state index contributed by atoms with van der Waals surface area (Å²) in [6.07, 6.45) is 0. The van der Waals surface area contributed by atoms with Crippen LogP contribution in [0.25, 0.3) is 10.8 Å². The zero-order valence-corrected chi connectivity index (χ0v) is 22.4. The standard InChI is InChI=1S/C26H21Cl2N3O6S/c1-3-37-22-13-16(27)8-10-21(22)29-26(33)18-12-15-6-4-5-7-17(15)23(24(18)32)31-30-20-11-9-19(28)25(14(20)2)38(34,35)36/h4-13,32H,3H2,1-2H3,(H,29,33)(H,34,35,36). The minimum Gasteiger partial charge on any atom is -0.505 e. The van der Waals surface area contributed by atoms with E-state index in [1.54, 1.807) is 49.4 Å². The second kappa shape index (κ2) is 11.0. The maximum Gasteiger partial charge on any atom is 0.296 e. The van der Waals surface area contributed by atoms with Gasteiger partial charge in [0.05, 0.1) is 28.6 Å². The molecule has 0 aliphatic carbocycles. The Morgan fingerprint density at radius 3 is 2.50 bits per heavy atom. The summed E-state index contributed by atoms with van der Waals surface area (Å²) in [6.45, 7) is 3.55. The van der Waals surface area contributed by atoms with Gasteiger partial charge in [0.1, 0.15) is 16.3 Å². The molecule has 1 amide bonds. The fourth-order valence-electron chi connectivity index (χ4n) is 3.83. The number of carbonyl (C=O) groups is 1. The number of nitrogens with zero attached hydrogens (tertiary/aromatic N) is 2. The molecule has 0 saturated carbocycles. The molecule has 0 aliphatic rings. The SMILES string of the molecule is CCOc1cc(Cl)ccc1NC(=O)c1cc2ccccc2c(N=Nc2ccc(Cl)c(S(=O)(=O)O)c2C)c1O. The van der Waals surface area contributed by atoms with E-state index in [4.69, 9.17) is 27.9 Å². The van der Waals surface area contributed by atoms with E-state index in [0.717, 1.165) is 0 Å². The lowest BCUT2D eigenvalue weighted by molar-refractivity contribution is 0.102. The van der Waals surface area contributed by atoms with Crippen LogP contribution in [0.5, 0.6) is 11.5 Å². The molecule has 0 unspecified atom stereocenters. The Bertz CT molecular complexity index is 1710. The van der Waals surface area contributed by atoms with Gasteiger partial charge >= 0.3 is 0 Å². The van der Waals surface area contributed by atoms with E-state index in [1.807, 2.05) is 0 Å². The van der Waals surface area contributed by atoms with Crippen LogP contribution in [0.1, 0.15) is 22.8 Å². The average molecular weight is 574 g/mol. The fraction of sp³-hybridized carbons (Fsp3) is 0.115. The molecule has 4 aromatic rings. The average Bonchev–Trinajstić information content (AvgIpc) is 2.85. The molecule has 0 heterocycles. The maximum absolute atomic E-state index is 13.3. The number of hydrogen-bond acceptors (Lipinski definition) is 7. The molecule has 4 rings (SSSR count). The Morgan fingerprint density at radius 2 is 1.79 bits per heavy atom. The van der Waals surface area contributed by atoms with Crippen LogP contribution < -0.4 is 10.1 Å². The van der Waals surface area contributed by atoms with Gasteiger partial charge in [-0.3, -0.25) is 9.35 Å². The summed E-state index contributed by atoms with van der Waals surface area (Å²) in [4.78, 5) is 12.8. The van der Waals surface area contributed by atoms with Gasteiger partial charge in [0.15, 0.2) is 5.75 Å². The van der Waals surface area contributed by atoms with Crippen LogP contribution in [-0.4, -0.2) is 30.6 Å². The number of aromatic hydroxyl groups is 1. The summed E-state index contributed by atoms with van der Waals surface area (Å²) in [5.41, 5.74) is 0.403. The summed E-state index contributed by atoms with van der Waals surface area (Å²) in [6, 6.07) is 15.8. The molecule has 0 radical (unpaired) electrons. The highest BCUT2D eigenvalue weighted by molar-refractivity contribution is 7.86. The smallest absolute Gasteiger partial charge is 0.296 e. The molecule has 3 N–H and O–H groups in total. The first-order chi connectivity index (χ1) is 18.0. The monoisotopic (exact) mass is 573 g/mol. The number of phenols is 1. The van der Waals surface area contributed by atoms with Crippen LogP contribution in [-0.2, 0) is 10.1 Å². The molecule has 0 fully saturated rings. The maximum atomic E-state index is 13.3.